The number of likely N-dealkylation sites (N-methyl/N-ethyl adjacent to an activating group) is 1. The molecule has 27 heavy (non-hydrogen) atoms. The Hall–Kier alpha value is -2.64. The molecule has 0 saturated heterocycles. The van der Waals surface area contributed by atoms with Gasteiger partial charge in [0.05, 0.1) is 12.8 Å². The minimum atomic E-state index is -0.214. The maximum atomic E-state index is 12.7. The Kier molecular flexibility index (Phi) is 4.72. The molecule has 0 aliphatic carbocycles. The summed E-state index contributed by atoms with van der Waals surface area (Å²) in [5, 5.41) is 3.77. The van der Waals surface area contributed by atoms with Gasteiger partial charge in [-0.15, -0.1) is 11.3 Å². The third kappa shape index (κ3) is 3.36. The number of anilines is 2. The molecule has 1 aliphatic heterocycles. The lowest BCUT2D eigenvalue weighted by Crippen LogP contribution is -2.30. The Labute approximate surface area is 162 Å². The van der Waals surface area contributed by atoms with E-state index in [1.54, 1.807) is 31.4 Å². The predicted octanol–water partition coefficient (Wildman–Crippen LogP) is 3.52. The van der Waals surface area contributed by atoms with E-state index in [2.05, 4.69) is 23.2 Å². The van der Waals surface area contributed by atoms with Crippen LogP contribution in [-0.4, -0.2) is 36.0 Å². The minimum Gasteiger partial charge on any atom is -0.497 e. The van der Waals surface area contributed by atoms with Crippen LogP contribution in [0.5, 0.6) is 5.75 Å². The molecule has 1 aliphatic rings. The van der Waals surface area contributed by atoms with Crippen LogP contribution in [0.4, 0.5) is 11.4 Å². The van der Waals surface area contributed by atoms with Crippen LogP contribution in [0, 0.1) is 0 Å². The van der Waals surface area contributed by atoms with E-state index in [1.165, 1.54) is 16.9 Å². The standard InChI is InChI=1S/C20H22N4O2S/c1-3-24-9-8-16-12(11-24)10-15-17(21)18(27-20(15)23-16)19(25)22-13-4-6-14(26-2)7-5-13/h4-7,10H,3,8-9,11,21H2,1-2H3,(H,22,25). The molecule has 3 heterocycles. The number of nitrogen functional groups attached to an aromatic ring is 1. The van der Waals surface area contributed by atoms with E-state index in [1.807, 2.05) is 0 Å². The summed E-state index contributed by atoms with van der Waals surface area (Å²) in [5.41, 5.74) is 9.85. The largest absolute Gasteiger partial charge is 0.497 e. The highest BCUT2D eigenvalue weighted by molar-refractivity contribution is 7.21. The van der Waals surface area contributed by atoms with Crippen molar-refractivity contribution in [2.45, 2.75) is 19.9 Å². The fourth-order valence-electron chi connectivity index (χ4n) is 3.36. The molecule has 7 heteroatoms. The lowest BCUT2D eigenvalue weighted by Gasteiger charge is -2.26. The van der Waals surface area contributed by atoms with Gasteiger partial charge in [-0.25, -0.2) is 4.98 Å². The lowest BCUT2D eigenvalue weighted by molar-refractivity contribution is 0.103. The first kappa shape index (κ1) is 17.8. The van der Waals surface area contributed by atoms with Crippen molar-refractivity contribution in [2.75, 3.05) is 31.2 Å². The molecular weight excluding hydrogens is 360 g/mol. The molecular formula is C20H22N4O2S. The van der Waals surface area contributed by atoms with Gasteiger partial charge in [-0.1, -0.05) is 6.92 Å². The summed E-state index contributed by atoms with van der Waals surface area (Å²) < 4.78 is 5.14. The van der Waals surface area contributed by atoms with Crippen molar-refractivity contribution in [3.05, 3.63) is 46.5 Å². The molecule has 0 radical (unpaired) electrons. The van der Waals surface area contributed by atoms with Crippen molar-refractivity contribution in [1.29, 1.82) is 0 Å². The van der Waals surface area contributed by atoms with Gasteiger partial charge < -0.3 is 15.8 Å². The number of aromatic nitrogens is 1. The number of nitrogens with one attached hydrogen (secondary N) is 1. The van der Waals surface area contributed by atoms with E-state index < -0.39 is 0 Å². The van der Waals surface area contributed by atoms with Gasteiger partial charge in [0.25, 0.3) is 5.91 Å². The number of thiophene rings is 1. The number of carbonyl (C=O) groups is 1. The highest BCUT2D eigenvalue weighted by Crippen LogP contribution is 2.35. The van der Waals surface area contributed by atoms with Crippen molar-refractivity contribution < 1.29 is 9.53 Å². The fraction of sp³-hybridized carbons (Fsp3) is 0.300. The third-order valence-electron chi connectivity index (χ3n) is 4.95. The maximum Gasteiger partial charge on any atom is 0.267 e. The zero-order valence-corrected chi connectivity index (χ0v) is 16.2. The van der Waals surface area contributed by atoms with Gasteiger partial charge in [0.1, 0.15) is 15.5 Å². The molecule has 4 rings (SSSR count). The molecule has 2 aromatic heterocycles. The molecule has 0 spiro atoms. The number of nitrogens with zero attached hydrogens (tertiary/aromatic N) is 2. The minimum absolute atomic E-state index is 0.214. The number of hydrogen-bond acceptors (Lipinski definition) is 6. The fourth-order valence-corrected chi connectivity index (χ4v) is 4.35. The summed E-state index contributed by atoms with van der Waals surface area (Å²) in [6.45, 7) is 5.09. The first-order chi connectivity index (χ1) is 13.1. The van der Waals surface area contributed by atoms with E-state index in [4.69, 9.17) is 15.5 Å². The van der Waals surface area contributed by atoms with Crippen LogP contribution >= 0.6 is 11.3 Å². The van der Waals surface area contributed by atoms with E-state index >= 15 is 0 Å². The Bertz CT molecular complexity index is 997. The van der Waals surface area contributed by atoms with Crippen LogP contribution in [0.25, 0.3) is 10.2 Å². The summed E-state index contributed by atoms with van der Waals surface area (Å²) in [5.74, 6) is 0.527. The van der Waals surface area contributed by atoms with Crippen LogP contribution in [0.15, 0.2) is 30.3 Å². The SMILES string of the molecule is CCN1CCc2nc3sc(C(=O)Nc4ccc(OC)cc4)c(N)c3cc2C1. The average Bonchev–Trinajstić information content (AvgIpc) is 3.02. The van der Waals surface area contributed by atoms with E-state index in [9.17, 15) is 4.79 Å². The normalized spacial score (nSPS) is 14.1. The van der Waals surface area contributed by atoms with Gasteiger partial charge in [0.2, 0.25) is 0 Å². The van der Waals surface area contributed by atoms with E-state index in [0.29, 0.717) is 16.3 Å². The topological polar surface area (TPSA) is 80.5 Å². The maximum absolute atomic E-state index is 12.7. The van der Waals surface area contributed by atoms with Crippen molar-refractivity contribution in [2.24, 2.45) is 0 Å². The molecule has 1 aromatic carbocycles. The van der Waals surface area contributed by atoms with Crippen LogP contribution in [0.3, 0.4) is 0 Å². The number of methoxy groups -OCH3 is 1. The molecule has 0 bridgehead atoms. The predicted molar refractivity (Wildman–Crippen MR) is 110 cm³/mol. The zero-order chi connectivity index (χ0) is 19.0. The van der Waals surface area contributed by atoms with Crippen molar-refractivity contribution in [1.82, 2.24) is 9.88 Å². The van der Waals surface area contributed by atoms with Gasteiger partial charge >= 0.3 is 0 Å². The van der Waals surface area contributed by atoms with E-state index in [-0.39, 0.29) is 5.91 Å². The smallest absolute Gasteiger partial charge is 0.267 e. The number of nitrogens with two attached hydrogens (primary N) is 1. The molecule has 140 valence electrons. The van der Waals surface area contributed by atoms with E-state index in [0.717, 1.165) is 47.7 Å². The number of benzene rings is 1. The third-order valence-corrected chi connectivity index (χ3v) is 6.06. The molecule has 0 unspecified atom stereocenters. The average molecular weight is 382 g/mol. The summed E-state index contributed by atoms with van der Waals surface area (Å²) in [6, 6.07) is 9.32. The summed E-state index contributed by atoms with van der Waals surface area (Å²) in [4.78, 5) is 21.2. The Morgan fingerprint density at radius 3 is 2.85 bits per heavy atom. The summed E-state index contributed by atoms with van der Waals surface area (Å²) >= 11 is 1.35. The Morgan fingerprint density at radius 2 is 2.15 bits per heavy atom. The second-order valence-electron chi connectivity index (χ2n) is 6.59. The molecule has 0 saturated carbocycles. The van der Waals surface area contributed by atoms with Gasteiger partial charge in [-0.3, -0.25) is 9.69 Å². The second kappa shape index (κ2) is 7.17. The van der Waals surface area contributed by atoms with Gasteiger partial charge in [0, 0.05) is 36.3 Å². The number of pyridine rings is 1. The van der Waals surface area contributed by atoms with Crippen molar-refractivity contribution in [3.8, 4) is 5.75 Å². The van der Waals surface area contributed by atoms with Crippen LogP contribution in [-0.2, 0) is 13.0 Å². The first-order valence-corrected chi connectivity index (χ1v) is 9.79. The molecule has 3 N–H and O–H groups in total. The number of ether oxygens (including phenoxy) is 1. The highest BCUT2D eigenvalue weighted by atomic mass is 32.1. The van der Waals surface area contributed by atoms with Crippen molar-refractivity contribution >= 4 is 38.8 Å². The first-order valence-electron chi connectivity index (χ1n) is 8.97. The Morgan fingerprint density at radius 1 is 1.37 bits per heavy atom. The van der Waals surface area contributed by atoms with Gasteiger partial charge in [0.15, 0.2) is 0 Å². The highest BCUT2D eigenvalue weighted by Gasteiger charge is 2.22. The monoisotopic (exact) mass is 382 g/mol. The van der Waals surface area contributed by atoms with Crippen LogP contribution < -0.4 is 15.8 Å². The van der Waals surface area contributed by atoms with Gasteiger partial charge in [-0.2, -0.15) is 0 Å². The molecule has 3 aromatic rings. The van der Waals surface area contributed by atoms with Gasteiger partial charge in [-0.05, 0) is 42.4 Å². The molecule has 6 nitrogen and oxygen atoms in total. The summed E-state index contributed by atoms with van der Waals surface area (Å²) in [6.07, 6.45) is 0.935. The quantitative estimate of drug-likeness (QED) is 0.722. The number of fused-ring (bicyclic) bond motifs is 2. The number of carbonyl (C=O) groups excluding carboxylic acids is 1. The molecule has 0 atom stereocenters. The lowest BCUT2D eigenvalue weighted by atomic mass is 10.0. The van der Waals surface area contributed by atoms with Crippen LogP contribution in [0.1, 0.15) is 27.9 Å². The number of rotatable bonds is 4. The zero-order valence-electron chi connectivity index (χ0n) is 15.4. The Balaban J connectivity index is 1.63. The summed E-state index contributed by atoms with van der Waals surface area (Å²) in [7, 11) is 1.61. The molecule has 1 amide bonds. The second-order valence-corrected chi connectivity index (χ2v) is 7.59. The van der Waals surface area contributed by atoms with Crippen molar-refractivity contribution in [3.63, 3.8) is 0 Å². The van der Waals surface area contributed by atoms with Crippen LogP contribution in [0.2, 0.25) is 0 Å². The molecule has 0 fully saturated rings. The number of amides is 1. The number of hydrogen-bond donors (Lipinski definition) is 2.